The van der Waals surface area contributed by atoms with Crippen molar-refractivity contribution in [1.29, 1.82) is 0 Å². The highest BCUT2D eigenvalue weighted by atomic mass is 16.5. The molecule has 0 saturated heterocycles. The summed E-state index contributed by atoms with van der Waals surface area (Å²) in [5.74, 6) is -1.15. The van der Waals surface area contributed by atoms with Crippen LogP contribution < -0.4 is 11.5 Å². The molecule has 0 aromatic carbocycles. The molecular formula is C10H18N2O4. The van der Waals surface area contributed by atoms with Crippen LogP contribution in [0.25, 0.3) is 0 Å². The quantitative estimate of drug-likeness (QED) is 0.410. The van der Waals surface area contributed by atoms with E-state index in [9.17, 15) is 14.4 Å². The van der Waals surface area contributed by atoms with E-state index in [2.05, 4.69) is 0 Å². The van der Waals surface area contributed by atoms with Gasteiger partial charge in [-0.25, -0.2) is 0 Å². The Balaban J connectivity index is 4.50. The number of aldehydes is 1. The third-order valence-electron chi connectivity index (χ3n) is 2.41. The number of rotatable bonds is 9. The smallest absolute Gasteiger partial charge is 0.249 e. The molecule has 4 N–H and O–H groups in total. The van der Waals surface area contributed by atoms with Crippen LogP contribution in [0.1, 0.15) is 32.6 Å². The molecule has 0 fully saturated rings. The van der Waals surface area contributed by atoms with Gasteiger partial charge < -0.3 is 21.0 Å². The lowest BCUT2D eigenvalue weighted by atomic mass is 9.93. The van der Waals surface area contributed by atoms with E-state index < -0.39 is 17.4 Å². The van der Waals surface area contributed by atoms with E-state index in [0.717, 1.165) is 0 Å². The molecular weight excluding hydrogens is 212 g/mol. The van der Waals surface area contributed by atoms with Crippen LogP contribution >= 0.6 is 0 Å². The summed E-state index contributed by atoms with van der Waals surface area (Å²) >= 11 is 0. The van der Waals surface area contributed by atoms with E-state index in [1.54, 1.807) is 6.92 Å². The summed E-state index contributed by atoms with van der Waals surface area (Å²) in [4.78, 5) is 32.1. The van der Waals surface area contributed by atoms with Gasteiger partial charge in [0.25, 0.3) is 0 Å². The van der Waals surface area contributed by atoms with E-state index in [0.29, 0.717) is 12.7 Å². The van der Waals surface area contributed by atoms with Crippen LogP contribution in [0, 0.1) is 0 Å². The summed E-state index contributed by atoms with van der Waals surface area (Å²) in [7, 11) is 0. The highest BCUT2D eigenvalue weighted by Crippen LogP contribution is 2.22. The SMILES string of the molecule is CCC(CCC(N)=O)(OCCC=O)C(N)=O. The standard InChI is InChI=1S/C10H18N2O4/c1-2-10(9(12)15,5-4-8(11)14)16-7-3-6-13/h6H,2-5,7H2,1H3,(H2,11,14)(H2,12,15). The number of hydrogen-bond acceptors (Lipinski definition) is 4. The molecule has 0 aromatic rings. The molecule has 0 aliphatic rings. The second-order valence-corrected chi connectivity index (χ2v) is 3.48. The zero-order chi connectivity index (χ0) is 12.6. The Hall–Kier alpha value is -1.43. The summed E-state index contributed by atoms with van der Waals surface area (Å²) in [6.07, 6.45) is 1.39. The van der Waals surface area contributed by atoms with E-state index in [1.165, 1.54) is 0 Å². The molecule has 1 atom stereocenters. The zero-order valence-electron chi connectivity index (χ0n) is 9.40. The summed E-state index contributed by atoms with van der Waals surface area (Å²) in [6.45, 7) is 1.84. The molecule has 6 nitrogen and oxygen atoms in total. The maximum atomic E-state index is 11.3. The fraction of sp³-hybridized carbons (Fsp3) is 0.700. The zero-order valence-corrected chi connectivity index (χ0v) is 9.40. The topological polar surface area (TPSA) is 112 Å². The van der Waals surface area contributed by atoms with Gasteiger partial charge in [-0.3, -0.25) is 9.59 Å². The Kier molecular flexibility index (Phi) is 6.32. The lowest BCUT2D eigenvalue weighted by Crippen LogP contribution is -2.46. The van der Waals surface area contributed by atoms with Crippen LogP contribution in [0.2, 0.25) is 0 Å². The van der Waals surface area contributed by atoms with Gasteiger partial charge in [-0.05, 0) is 12.8 Å². The van der Waals surface area contributed by atoms with Crippen molar-refractivity contribution in [3.8, 4) is 0 Å². The van der Waals surface area contributed by atoms with E-state index in [1.807, 2.05) is 0 Å². The van der Waals surface area contributed by atoms with Crippen LogP contribution in [-0.2, 0) is 19.1 Å². The first-order chi connectivity index (χ1) is 7.48. The maximum Gasteiger partial charge on any atom is 0.249 e. The molecule has 16 heavy (non-hydrogen) atoms. The minimum Gasteiger partial charge on any atom is -0.370 e. The molecule has 0 rings (SSSR count). The van der Waals surface area contributed by atoms with Crippen molar-refractivity contribution < 1.29 is 19.1 Å². The van der Waals surface area contributed by atoms with Crippen molar-refractivity contribution in [3.63, 3.8) is 0 Å². The molecule has 0 spiro atoms. The van der Waals surface area contributed by atoms with Crippen LogP contribution in [0.15, 0.2) is 0 Å². The van der Waals surface area contributed by atoms with Gasteiger partial charge in [0.1, 0.15) is 11.9 Å². The van der Waals surface area contributed by atoms with Gasteiger partial charge >= 0.3 is 0 Å². The number of amides is 2. The fourth-order valence-electron chi connectivity index (χ4n) is 1.35. The number of primary amides is 2. The predicted molar refractivity (Wildman–Crippen MR) is 57.3 cm³/mol. The highest BCUT2D eigenvalue weighted by Gasteiger charge is 2.35. The third-order valence-corrected chi connectivity index (χ3v) is 2.41. The van der Waals surface area contributed by atoms with Crippen LogP contribution in [0.4, 0.5) is 0 Å². The van der Waals surface area contributed by atoms with Crippen LogP contribution in [-0.4, -0.2) is 30.3 Å². The molecule has 0 saturated carbocycles. The van der Waals surface area contributed by atoms with E-state index in [4.69, 9.17) is 16.2 Å². The van der Waals surface area contributed by atoms with Crippen LogP contribution in [0.5, 0.6) is 0 Å². The summed E-state index contributed by atoms with van der Waals surface area (Å²) in [5.41, 5.74) is 9.06. The minimum absolute atomic E-state index is 0.0257. The second-order valence-electron chi connectivity index (χ2n) is 3.48. The van der Waals surface area contributed by atoms with Gasteiger partial charge in [-0.2, -0.15) is 0 Å². The molecule has 0 heterocycles. The Morgan fingerprint density at radius 1 is 1.38 bits per heavy atom. The average molecular weight is 230 g/mol. The molecule has 1 unspecified atom stereocenters. The Morgan fingerprint density at radius 2 is 2.00 bits per heavy atom. The lowest BCUT2D eigenvalue weighted by molar-refractivity contribution is -0.147. The summed E-state index contributed by atoms with van der Waals surface area (Å²) < 4.78 is 5.32. The van der Waals surface area contributed by atoms with Gasteiger partial charge in [0.15, 0.2) is 0 Å². The average Bonchev–Trinajstić information content (AvgIpc) is 2.23. The van der Waals surface area contributed by atoms with Gasteiger partial charge in [-0.15, -0.1) is 0 Å². The molecule has 0 aliphatic carbocycles. The van der Waals surface area contributed by atoms with Gasteiger partial charge in [0.05, 0.1) is 6.61 Å². The summed E-state index contributed by atoms with van der Waals surface area (Å²) in [6, 6.07) is 0. The van der Waals surface area contributed by atoms with Crippen molar-refractivity contribution in [2.24, 2.45) is 11.5 Å². The number of ether oxygens (including phenoxy) is 1. The van der Waals surface area contributed by atoms with Crippen molar-refractivity contribution in [3.05, 3.63) is 0 Å². The molecule has 0 aromatic heterocycles. The molecule has 6 heteroatoms. The number of nitrogens with two attached hydrogens (primary N) is 2. The monoisotopic (exact) mass is 230 g/mol. The van der Waals surface area contributed by atoms with Crippen LogP contribution in [0.3, 0.4) is 0 Å². The Morgan fingerprint density at radius 3 is 2.38 bits per heavy atom. The van der Waals surface area contributed by atoms with E-state index >= 15 is 0 Å². The lowest BCUT2D eigenvalue weighted by Gasteiger charge is -2.29. The van der Waals surface area contributed by atoms with Crippen molar-refractivity contribution >= 4 is 18.1 Å². The van der Waals surface area contributed by atoms with Gasteiger partial charge in [0.2, 0.25) is 11.8 Å². The first kappa shape index (κ1) is 14.6. The van der Waals surface area contributed by atoms with Crippen molar-refractivity contribution in [2.45, 2.75) is 38.2 Å². The molecule has 92 valence electrons. The van der Waals surface area contributed by atoms with Gasteiger partial charge in [-0.1, -0.05) is 6.92 Å². The van der Waals surface area contributed by atoms with Crippen molar-refractivity contribution in [1.82, 2.24) is 0 Å². The number of carbonyl (C=O) groups excluding carboxylic acids is 3. The summed E-state index contributed by atoms with van der Waals surface area (Å²) in [5, 5.41) is 0. The Labute approximate surface area is 94.3 Å². The van der Waals surface area contributed by atoms with E-state index in [-0.39, 0.29) is 25.9 Å². The highest BCUT2D eigenvalue weighted by molar-refractivity contribution is 5.84. The maximum absolute atomic E-state index is 11.3. The largest absolute Gasteiger partial charge is 0.370 e. The Bertz CT molecular complexity index is 268. The first-order valence-corrected chi connectivity index (χ1v) is 5.14. The normalized spacial score (nSPS) is 14.1. The fourth-order valence-corrected chi connectivity index (χ4v) is 1.35. The van der Waals surface area contributed by atoms with Gasteiger partial charge in [0, 0.05) is 12.8 Å². The third kappa shape index (κ3) is 4.39. The second kappa shape index (κ2) is 6.95. The molecule has 0 aliphatic heterocycles. The molecule has 0 radical (unpaired) electrons. The predicted octanol–water partition coefficient (Wildman–Crippen LogP) is -0.508. The molecule has 2 amide bonds. The first-order valence-electron chi connectivity index (χ1n) is 5.14. The number of hydrogen-bond donors (Lipinski definition) is 2. The number of carbonyl (C=O) groups is 3. The minimum atomic E-state index is -1.20. The van der Waals surface area contributed by atoms with Crippen molar-refractivity contribution in [2.75, 3.05) is 6.61 Å². The molecule has 0 bridgehead atoms.